The van der Waals surface area contributed by atoms with Crippen molar-refractivity contribution in [3.8, 4) is 0 Å². The minimum Gasteiger partial charge on any atom is -0.385 e. The molecule has 2 aromatic carbocycles. The van der Waals surface area contributed by atoms with E-state index in [1.807, 2.05) is 19.9 Å². The third-order valence-electron chi connectivity index (χ3n) is 8.11. The monoisotopic (exact) mass is 529 g/mol. The molecule has 0 aliphatic carbocycles. The van der Waals surface area contributed by atoms with Crippen LogP contribution in [0.4, 0.5) is 13.2 Å². The fraction of sp³-hybridized carbons (Fsp3) is 0.464. The fourth-order valence-corrected chi connectivity index (χ4v) is 6.15. The van der Waals surface area contributed by atoms with Gasteiger partial charge in [0.05, 0.1) is 11.2 Å². The number of fused-ring (bicyclic) bond motifs is 1. The molecule has 3 unspecified atom stereocenters. The number of nitrogens with one attached hydrogen (secondary N) is 1. The van der Waals surface area contributed by atoms with E-state index in [1.165, 1.54) is 17.0 Å². The number of rotatable bonds is 4. The van der Waals surface area contributed by atoms with Gasteiger partial charge in [0.1, 0.15) is 6.04 Å². The van der Waals surface area contributed by atoms with Crippen LogP contribution in [0.3, 0.4) is 0 Å². The van der Waals surface area contributed by atoms with Gasteiger partial charge >= 0.3 is 6.18 Å². The van der Waals surface area contributed by atoms with Crippen molar-refractivity contribution in [1.82, 2.24) is 15.1 Å². The molecule has 0 aromatic heterocycles. The molecule has 2 aromatic rings. The summed E-state index contributed by atoms with van der Waals surface area (Å²) < 4.78 is 38.7. The van der Waals surface area contributed by atoms with E-state index in [1.54, 1.807) is 12.1 Å². The van der Waals surface area contributed by atoms with E-state index >= 15 is 0 Å². The van der Waals surface area contributed by atoms with Gasteiger partial charge in [-0.15, -0.1) is 0 Å². The molecule has 3 amide bonds. The average Bonchev–Trinajstić information content (AvgIpc) is 3.17. The Morgan fingerprint density at radius 3 is 2.29 bits per heavy atom. The number of benzene rings is 2. The molecule has 0 bridgehead atoms. The summed E-state index contributed by atoms with van der Waals surface area (Å²) in [7, 11) is 0. The summed E-state index contributed by atoms with van der Waals surface area (Å²) in [6, 6.07) is 9.66. The van der Waals surface area contributed by atoms with E-state index in [9.17, 15) is 32.7 Å². The maximum Gasteiger partial charge on any atom is 0.416 e. The van der Waals surface area contributed by atoms with Crippen LogP contribution in [-0.2, 0) is 34.5 Å². The van der Waals surface area contributed by atoms with Gasteiger partial charge in [-0.2, -0.15) is 13.2 Å². The number of alkyl halides is 3. The van der Waals surface area contributed by atoms with Gasteiger partial charge in [0.2, 0.25) is 11.8 Å². The van der Waals surface area contributed by atoms with Crippen LogP contribution in [0.1, 0.15) is 72.1 Å². The molecular formula is C28H30F3N3O4. The van der Waals surface area contributed by atoms with Crippen LogP contribution in [0.5, 0.6) is 0 Å². The van der Waals surface area contributed by atoms with Crippen LogP contribution >= 0.6 is 0 Å². The van der Waals surface area contributed by atoms with E-state index in [0.29, 0.717) is 30.5 Å². The van der Waals surface area contributed by atoms with Crippen molar-refractivity contribution in [2.75, 3.05) is 0 Å². The van der Waals surface area contributed by atoms with E-state index in [0.717, 1.165) is 23.3 Å². The molecule has 38 heavy (non-hydrogen) atoms. The summed E-state index contributed by atoms with van der Waals surface area (Å²) in [5, 5.41) is 14.0. The normalized spacial score (nSPS) is 28.4. The lowest BCUT2D eigenvalue weighted by Crippen LogP contribution is -2.52. The van der Waals surface area contributed by atoms with Gasteiger partial charge in [0, 0.05) is 37.2 Å². The number of imide groups is 1. The first-order valence-electron chi connectivity index (χ1n) is 12.8. The standard InChI is InChI=1S/C28H30F3N3O4/c1-16-12-27(38,13-17(2)33(16)14-18-3-5-20(6-4-18)28(29,30)31)21-7-8-22-19(11-21)15-34(26(22)37)23-9-10-24(35)32-25(23)36/h3-8,11,16-17,23,38H,9-10,12-15H2,1-2H3,(H,32,35,36). The van der Waals surface area contributed by atoms with E-state index < -0.39 is 29.3 Å². The molecular weight excluding hydrogens is 499 g/mol. The third-order valence-corrected chi connectivity index (χ3v) is 8.11. The van der Waals surface area contributed by atoms with E-state index in [4.69, 9.17) is 0 Å². The summed E-state index contributed by atoms with van der Waals surface area (Å²) in [5.41, 5.74) is 0.867. The zero-order chi connectivity index (χ0) is 27.4. The van der Waals surface area contributed by atoms with Crippen LogP contribution in [0, 0.1) is 0 Å². The molecule has 2 fully saturated rings. The first-order valence-corrected chi connectivity index (χ1v) is 12.8. The zero-order valence-corrected chi connectivity index (χ0v) is 21.2. The number of aliphatic hydroxyl groups is 1. The zero-order valence-electron chi connectivity index (χ0n) is 21.2. The Morgan fingerprint density at radius 1 is 1.03 bits per heavy atom. The molecule has 0 spiro atoms. The minimum absolute atomic E-state index is 0.0547. The van der Waals surface area contributed by atoms with Crippen molar-refractivity contribution in [3.63, 3.8) is 0 Å². The number of hydrogen-bond acceptors (Lipinski definition) is 5. The Balaban J connectivity index is 1.30. The molecule has 5 rings (SSSR count). The van der Waals surface area contributed by atoms with Crippen LogP contribution in [0.25, 0.3) is 0 Å². The number of likely N-dealkylation sites (tertiary alicyclic amines) is 1. The maximum absolute atomic E-state index is 13.0. The number of carbonyl (C=O) groups excluding carboxylic acids is 3. The van der Waals surface area contributed by atoms with Gasteiger partial charge in [-0.3, -0.25) is 24.6 Å². The highest BCUT2D eigenvalue weighted by molar-refractivity contribution is 6.05. The van der Waals surface area contributed by atoms with Crippen molar-refractivity contribution in [2.24, 2.45) is 0 Å². The lowest BCUT2D eigenvalue weighted by Gasteiger charge is -2.47. The largest absolute Gasteiger partial charge is 0.416 e. The summed E-state index contributed by atoms with van der Waals surface area (Å²) in [6.07, 6.45) is -3.07. The van der Waals surface area contributed by atoms with Gasteiger partial charge in [0.15, 0.2) is 0 Å². The highest BCUT2D eigenvalue weighted by Gasteiger charge is 2.44. The second kappa shape index (κ2) is 9.50. The topological polar surface area (TPSA) is 90.0 Å². The Labute approximate surface area is 218 Å². The highest BCUT2D eigenvalue weighted by atomic mass is 19.4. The van der Waals surface area contributed by atoms with Crippen LogP contribution in [0.2, 0.25) is 0 Å². The Kier molecular flexibility index (Phi) is 6.59. The lowest BCUT2D eigenvalue weighted by molar-refractivity contribution is -0.138. The first kappa shape index (κ1) is 26.4. The van der Waals surface area contributed by atoms with Gasteiger partial charge in [-0.25, -0.2) is 0 Å². The fourth-order valence-electron chi connectivity index (χ4n) is 6.15. The quantitative estimate of drug-likeness (QED) is 0.590. The molecule has 202 valence electrons. The number of halogens is 3. The smallest absolute Gasteiger partial charge is 0.385 e. The number of hydrogen-bond donors (Lipinski definition) is 2. The molecule has 3 aliphatic heterocycles. The van der Waals surface area contributed by atoms with Gasteiger partial charge in [-0.1, -0.05) is 24.3 Å². The van der Waals surface area contributed by atoms with E-state index in [-0.39, 0.29) is 43.3 Å². The molecule has 3 aliphatic rings. The molecule has 3 atom stereocenters. The summed E-state index contributed by atoms with van der Waals surface area (Å²) >= 11 is 0. The molecule has 2 saturated heterocycles. The average molecular weight is 530 g/mol. The predicted molar refractivity (Wildman–Crippen MR) is 132 cm³/mol. The maximum atomic E-state index is 13.0. The van der Waals surface area contributed by atoms with Crippen molar-refractivity contribution < 1.29 is 32.7 Å². The second-order valence-electron chi connectivity index (χ2n) is 10.8. The van der Waals surface area contributed by atoms with Crippen molar-refractivity contribution in [2.45, 2.75) is 82.5 Å². The van der Waals surface area contributed by atoms with Crippen LogP contribution in [-0.4, -0.2) is 50.8 Å². The molecule has 7 nitrogen and oxygen atoms in total. The Morgan fingerprint density at radius 2 is 1.68 bits per heavy atom. The van der Waals surface area contributed by atoms with Crippen molar-refractivity contribution >= 4 is 17.7 Å². The molecule has 10 heteroatoms. The Hall–Kier alpha value is -3.24. The highest BCUT2D eigenvalue weighted by Crippen LogP contribution is 2.41. The number of amides is 3. The third kappa shape index (κ3) is 4.82. The number of carbonyl (C=O) groups is 3. The number of piperidine rings is 2. The number of nitrogens with zero attached hydrogens (tertiary/aromatic N) is 2. The summed E-state index contributed by atoms with van der Waals surface area (Å²) in [6.45, 7) is 4.68. The predicted octanol–water partition coefficient (Wildman–Crippen LogP) is 3.73. The first-order chi connectivity index (χ1) is 17.9. The SMILES string of the molecule is CC1CC(O)(c2ccc3c(c2)CN(C2CCC(=O)NC2=O)C3=O)CC(C)N1Cc1ccc(C(F)(F)F)cc1. The van der Waals surface area contributed by atoms with Gasteiger partial charge < -0.3 is 10.0 Å². The van der Waals surface area contributed by atoms with Crippen molar-refractivity contribution in [3.05, 3.63) is 70.3 Å². The van der Waals surface area contributed by atoms with Gasteiger partial charge in [-0.05, 0) is 68.0 Å². The molecule has 0 saturated carbocycles. The summed E-state index contributed by atoms with van der Waals surface area (Å²) in [4.78, 5) is 40.5. The minimum atomic E-state index is -4.37. The van der Waals surface area contributed by atoms with Crippen LogP contribution in [0.15, 0.2) is 42.5 Å². The summed E-state index contributed by atoms with van der Waals surface area (Å²) in [5.74, 6) is -1.07. The lowest BCUT2D eigenvalue weighted by atomic mass is 9.77. The second-order valence-corrected chi connectivity index (χ2v) is 10.8. The molecule has 2 N–H and O–H groups in total. The van der Waals surface area contributed by atoms with E-state index in [2.05, 4.69) is 10.2 Å². The molecule has 0 radical (unpaired) electrons. The van der Waals surface area contributed by atoms with Crippen molar-refractivity contribution in [1.29, 1.82) is 0 Å². The van der Waals surface area contributed by atoms with Gasteiger partial charge in [0.25, 0.3) is 5.91 Å². The molecule has 3 heterocycles. The van der Waals surface area contributed by atoms with Crippen LogP contribution < -0.4 is 5.32 Å². The Bertz CT molecular complexity index is 1270.